The van der Waals surface area contributed by atoms with Gasteiger partial charge in [0, 0.05) is 43.2 Å². The van der Waals surface area contributed by atoms with E-state index in [0.29, 0.717) is 38.1 Å². The van der Waals surface area contributed by atoms with Crippen molar-refractivity contribution in [1.29, 1.82) is 0 Å². The molecule has 0 unspecified atom stereocenters. The van der Waals surface area contributed by atoms with Gasteiger partial charge in [0.2, 0.25) is 11.8 Å². The van der Waals surface area contributed by atoms with Crippen LogP contribution in [0.2, 0.25) is 5.02 Å². The molecule has 2 bridgehead atoms. The molecule has 0 saturated carbocycles. The Kier molecular flexibility index (Phi) is 4.22. The van der Waals surface area contributed by atoms with Gasteiger partial charge in [-0.15, -0.1) is 0 Å². The molecule has 2 amide bonds. The normalized spacial score (nSPS) is 26.3. The van der Waals surface area contributed by atoms with Gasteiger partial charge in [-0.3, -0.25) is 9.59 Å². The molecule has 128 valence electrons. The highest BCUT2D eigenvalue weighted by molar-refractivity contribution is 6.31. The first-order chi connectivity index (χ1) is 11.6. The predicted molar refractivity (Wildman–Crippen MR) is 91.7 cm³/mol. The van der Waals surface area contributed by atoms with Crippen LogP contribution in [0.4, 0.5) is 0 Å². The van der Waals surface area contributed by atoms with Crippen molar-refractivity contribution in [3.63, 3.8) is 0 Å². The van der Waals surface area contributed by atoms with E-state index in [9.17, 15) is 9.59 Å². The van der Waals surface area contributed by atoms with E-state index in [4.69, 9.17) is 11.6 Å². The lowest BCUT2D eigenvalue weighted by Crippen LogP contribution is -2.46. The van der Waals surface area contributed by atoms with E-state index in [2.05, 4.69) is 5.32 Å². The summed E-state index contributed by atoms with van der Waals surface area (Å²) in [6.07, 6.45) is 3.46. The van der Waals surface area contributed by atoms with Gasteiger partial charge in [0.1, 0.15) is 0 Å². The molecule has 6 heteroatoms. The number of carbonyl (C=O) groups excluding carboxylic acids is 2. The van der Waals surface area contributed by atoms with Crippen molar-refractivity contribution in [3.05, 3.63) is 34.3 Å². The maximum Gasteiger partial charge on any atom is 0.242 e. The fraction of sp³-hybridized carbons (Fsp3) is 0.556. The fourth-order valence-corrected chi connectivity index (χ4v) is 4.40. The number of halogens is 1. The quantitative estimate of drug-likeness (QED) is 0.883. The summed E-state index contributed by atoms with van der Waals surface area (Å²) in [6.45, 7) is 2.10. The van der Waals surface area contributed by atoms with Crippen LogP contribution in [-0.2, 0) is 22.6 Å². The molecule has 1 aromatic rings. The van der Waals surface area contributed by atoms with Crippen molar-refractivity contribution >= 4 is 23.4 Å². The minimum atomic E-state index is 0.0340. The Morgan fingerprint density at radius 2 is 2.12 bits per heavy atom. The molecule has 0 aliphatic carbocycles. The van der Waals surface area contributed by atoms with E-state index in [1.54, 1.807) is 4.90 Å². The highest BCUT2D eigenvalue weighted by atomic mass is 35.5. The minimum Gasteiger partial charge on any atom is -0.336 e. The molecule has 0 spiro atoms. The lowest BCUT2D eigenvalue weighted by molar-refractivity contribution is -0.141. The predicted octanol–water partition coefficient (Wildman–Crippen LogP) is 1.58. The van der Waals surface area contributed by atoms with Crippen LogP contribution in [-0.4, -0.2) is 53.3 Å². The van der Waals surface area contributed by atoms with Crippen molar-refractivity contribution in [2.75, 3.05) is 19.6 Å². The summed E-state index contributed by atoms with van der Waals surface area (Å²) in [5.41, 5.74) is 2.26. The summed E-state index contributed by atoms with van der Waals surface area (Å²) in [5, 5.41) is 4.26. The number of likely N-dealkylation sites (tertiary alicyclic amines) is 1. The van der Waals surface area contributed by atoms with Crippen LogP contribution < -0.4 is 5.32 Å². The zero-order chi connectivity index (χ0) is 16.7. The molecule has 1 N–H and O–H groups in total. The molecular formula is C18H22ClN3O2. The van der Waals surface area contributed by atoms with E-state index in [1.807, 2.05) is 23.1 Å². The molecule has 1 aromatic carbocycles. The minimum absolute atomic E-state index is 0.0340. The van der Waals surface area contributed by atoms with Gasteiger partial charge in [-0.2, -0.15) is 0 Å². The number of nitrogens with one attached hydrogen (secondary N) is 1. The van der Waals surface area contributed by atoms with Crippen molar-refractivity contribution in [1.82, 2.24) is 15.1 Å². The largest absolute Gasteiger partial charge is 0.336 e. The summed E-state index contributed by atoms with van der Waals surface area (Å²) in [5.74, 6) is 0.134. The third-order valence-corrected chi connectivity index (χ3v) is 5.79. The second kappa shape index (κ2) is 6.37. The molecule has 0 radical (unpaired) electrons. The second-order valence-corrected chi connectivity index (χ2v) is 7.47. The maximum atomic E-state index is 12.7. The van der Waals surface area contributed by atoms with Crippen LogP contribution in [0.25, 0.3) is 0 Å². The first-order valence-electron chi connectivity index (χ1n) is 8.68. The Hall–Kier alpha value is -1.59. The summed E-state index contributed by atoms with van der Waals surface area (Å²) in [4.78, 5) is 28.7. The summed E-state index contributed by atoms with van der Waals surface area (Å²) in [7, 11) is 0. The summed E-state index contributed by atoms with van der Waals surface area (Å²) in [6, 6.07) is 6.49. The number of amides is 2. The molecule has 2 fully saturated rings. The van der Waals surface area contributed by atoms with Crippen LogP contribution in [0.15, 0.2) is 18.2 Å². The van der Waals surface area contributed by atoms with E-state index < -0.39 is 0 Å². The summed E-state index contributed by atoms with van der Waals surface area (Å²) >= 11 is 6.24. The van der Waals surface area contributed by atoms with Crippen LogP contribution in [0.1, 0.15) is 30.4 Å². The highest BCUT2D eigenvalue weighted by Gasteiger charge is 2.35. The monoisotopic (exact) mass is 347 g/mol. The Bertz CT molecular complexity index is 678. The van der Waals surface area contributed by atoms with Crippen LogP contribution in [0.3, 0.4) is 0 Å². The molecule has 3 heterocycles. The molecule has 3 aliphatic rings. The lowest BCUT2D eigenvalue weighted by atomic mass is 9.99. The molecule has 3 aliphatic heterocycles. The third kappa shape index (κ3) is 3.03. The average Bonchev–Trinajstić information content (AvgIpc) is 2.94. The molecule has 4 rings (SSSR count). The van der Waals surface area contributed by atoms with Gasteiger partial charge >= 0.3 is 0 Å². The topological polar surface area (TPSA) is 52.7 Å². The van der Waals surface area contributed by atoms with Crippen molar-refractivity contribution in [2.24, 2.45) is 0 Å². The summed E-state index contributed by atoms with van der Waals surface area (Å²) < 4.78 is 0. The Morgan fingerprint density at radius 3 is 3.00 bits per heavy atom. The van der Waals surface area contributed by atoms with Gasteiger partial charge in [0.15, 0.2) is 0 Å². The van der Waals surface area contributed by atoms with Crippen molar-refractivity contribution < 1.29 is 9.59 Å². The molecule has 24 heavy (non-hydrogen) atoms. The van der Waals surface area contributed by atoms with Gasteiger partial charge in [-0.1, -0.05) is 23.7 Å². The number of hydrogen-bond donors (Lipinski definition) is 1. The van der Waals surface area contributed by atoms with Crippen molar-refractivity contribution in [2.45, 2.75) is 44.3 Å². The van der Waals surface area contributed by atoms with Gasteiger partial charge in [0.25, 0.3) is 0 Å². The molecule has 0 aromatic heterocycles. The number of rotatable bonds is 2. The number of benzene rings is 1. The molecule has 5 nitrogen and oxygen atoms in total. The first kappa shape index (κ1) is 15.9. The number of hydrogen-bond acceptors (Lipinski definition) is 3. The number of nitrogens with zero attached hydrogens (tertiary/aromatic N) is 2. The van der Waals surface area contributed by atoms with Crippen molar-refractivity contribution in [3.8, 4) is 0 Å². The van der Waals surface area contributed by atoms with Crippen LogP contribution in [0, 0.1) is 0 Å². The first-order valence-corrected chi connectivity index (χ1v) is 9.06. The SMILES string of the molecule is O=C(CN1C[C@@H]2CC[C@H](CC1=O)N2)N1CCc2c(Cl)cccc2C1. The van der Waals surface area contributed by atoms with Gasteiger partial charge in [0.05, 0.1) is 6.54 Å². The standard InChI is InChI=1S/C18H22ClN3O2/c19-16-3-1-2-12-9-21(7-6-15(12)16)18(24)11-22-10-14-5-4-13(20-14)8-17(22)23/h1-3,13-14,20H,4-11H2/t13-,14+/m1/s1. The highest BCUT2D eigenvalue weighted by Crippen LogP contribution is 2.26. The van der Waals surface area contributed by atoms with E-state index in [1.165, 1.54) is 0 Å². The molecular weight excluding hydrogens is 326 g/mol. The van der Waals surface area contributed by atoms with Crippen LogP contribution in [0.5, 0.6) is 0 Å². The molecule has 2 saturated heterocycles. The fourth-order valence-electron chi connectivity index (χ4n) is 4.11. The zero-order valence-electron chi connectivity index (χ0n) is 13.6. The maximum absolute atomic E-state index is 12.7. The van der Waals surface area contributed by atoms with Gasteiger partial charge < -0.3 is 15.1 Å². The lowest BCUT2D eigenvalue weighted by Gasteiger charge is -2.32. The number of carbonyl (C=O) groups is 2. The average molecular weight is 348 g/mol. The second-order valence-electron chi connectivity index (χ2n) is 7.06. The van der Waals surface area contributed by atoms with Gasteiger partial charge in [-0.05, 0) is 36.5 Å². The molecule has 2 atom stereocenters. The van der Waals surface area contributed by atoms with Gasteiger partial charge in [-0.25, -0.2) is 0 Å². The van der Waals surface area contributed by atoms with E-state index in [0.717, 1.165) is 35.4 Å². The Morgan fingerprint density at radius 1 is 1.29 bits per heavy atom. The third-order valence-electron chi connectivity index (χ3n) is 5.44. The zero-order valence-corrected chi connectivity index (χ0v) is 14.4. The smallest absolute Gasteiger partial charge is 0.242 e. The number of fused-ring (bicyclic) bond motifs is 3. The Balaban J connectivity index is 1.42. The van der Waals surface area contributed by atoms with E-state index in [-0.39, 0.29) is 18.4 Å². The van der Waals surface area contributed by atoms with Crippen LogP contribution >= 0.6 is 11.6 Å². The Labute approximate surface area is 146 Å². The van der Waals surface area contributed by atoms with E-state index >= 15 is 0 Å².